The standard InChI is InChI=1S/C17H20N6O/c1-5-6-18-17-20-12(4)9-14(21-17)16-22-15(23-24-16)13-8-10(2)7-11(3)19-13/h7-9H,5-6H2,1-4H3,(H,18,20,21). The molecule has 1 N–H and O–H groups in total. The lowest BCUT2D eigenvalue weighted by Gasteiger charge is -2.04. The SMILES string of the molecule is CCCNc1nc(C)cc(-c2nc(-c3cc(C)cc(C)n3)no2)n1. The summed E-state index contributed by atoms with van der Waals surface area (Å²) in [6.07, 6.45) is 0.996. The fraction of sp³-hybridized carbons (Fsp3) is 0.353. The number of pyridine rings is 1. The highest BCUT2D eigenvalue weighted by Crippen LogP contribution is 2.22. The summed E-state index contributed by atoms with van der Waals surface area (Å²) < 4.78 is 5.38. The Hall–Kier alpha value is -2.83. The molecule has 7 nitrogen and oxygen atoms in total. The topological polar surface area (TPSA) is 89.6 Å². The van der Waals surface area contributed by atoms with Crippen LogP contribution < -0.4 is 5.32 Å². The van der Waals surface area contributed by atoms with E-state index in [1.54, 1.807) is 0 Å². The lowest BCUT2D eigenvalue weighted by atomic mass is 10.2. The molecule has 3 aromatic rings. The Labute approximate surface area is 140 Å². The van der Waals surface area contributed by atoms with Gasteiger partial charge >= 0.3 is 0 Å². The smallest absolute Gasteiger partial charge is 0.277 e. The molecule has 24 heavy (non-hydrogen) atoms. The van der Waals surface area contributed by atoms with Crippen LogP contribution >= 0.6 is 0 Å². The summed E-state index contributed by atoms with van der Waals surface area (Å²) >= 11 is 0. The Morgan fingerprint density at radius 2 is 1.71 bits per heavy atom. The van der Waals surface area contributed by atoms with E-state index in [9.17, 15) is 0 Å². The molecule has 0 aliphatic carbocycles. The van der Waals surface area contributed by atoms with Crippen molar-refractivity contribution in [3.05, 3.63) is 35.2 Å². The fourth-order valence-corrected chi connectivity index (χ4v) is 2.38. The summed E-state index contributed by atoms with van der Waals surface area (Å²) in [5, 5.41) is 7.21. The number of aryl methyl sites for hydroxylation is 3. The Balaban J connectivity index is 1.94. The molecule has 3 aromatic heterocycles. The Kier molecular flexibility index (Phi) is 4.50. The molecule has 0 bridgehead atoms. The van der Waals surface area contributed by atoms with E-state index in [4.69, 9.17) is 4.52 Å². The average Bonchev–Trinajstić information content (AvgIpc) is 3.01. The van der Waals surface area contributed by atoms with E-state index in [1.165, 1.54) is 0 Å². The van der Waals surface area contributed by atoms with Gasteiger partial charge in [0.2, 0.25) is 11.8 Å². The minimum atomic E-state index is 0.357. The minimum Gasteiger partial charge on any atom is -0.354 e. The number of aromatic nitrogens is 5. The molecule has 0 saturated carbocycles. The predicted octanol–water partition coefficient (Wildman–Crippen LogP) is 3.34. The molecule has 124 valence electrons. The predicted molar refractivity (Wildman–Crippen MR) is 91.5 cm³/mol. The third-order valence-corrected chi connectivity index (χ3v) is 3.36. The van der Waals surface area contributed by atoms with Crippen LogP contribution in [-0.4, -0.2) is 31.6 Å². The first-order chi connectivity index (χ1) is 11.5. The normalized spacial score (nSPS) is 10.8. The lowest BCUT2D eigenvalue weighted by molar-refractivity contribution is 0.430. The van der Waals surface area contributed by atoms with Crippen molar-refractivity contribution < 1.29 is 4.52 Å². The maximum Gasteiger partial charge on any atom is 0.277 e. The van der Waals surface area contributed by atoms with Gasteiger partial charge in [-0.15, -0.1) is 0 Å². The third kappa shape index (κ3) is 3.56. The van der Waals surface area contributed by atoms with Crippen molar-refractivity contribution in [3.63, 3.8) is 0 Å². The Bertz CT molecular complexity index is 838. The summed E-state index contributed by atoms with van der Waals surface area (Å²) in [5.74, 6) is 1.38. The fourth-order valence-electron chi connectivity index (χ4n) is 2.38. The zero-order chi connectivity index (χ0) is 17.1. The van der Waals surface area contributed by atoms with Crippen molar-refractivity contribution >= 4 is 5.95 Å². The van der Waals surface area contributed by atoms with Gasteiger partial charge in [0.05, 0.1) is 0 Å². The number of hydrogen-bond donors (Lipinski definition) is 1. The van der Waals surface area contributed by atoms with E-state index in [1.807, 2.05) is 39.0 Å². The van der Waals surface area contributed by atoms with Crippen LogP contribution in [0.15, 0.2) is 22.7 Å². The van der Waals surface area contributed by atoms with Gasteiger partial charge in [0.25, 0.3) is 5.89 Å². The molecule has 0 fully saturated rings. The van der Waals surface area contributed by atoms with Crippen LogP contribution in [0.5, 0.6) is 0 Å². The Morgan fingerprint density at radius 1 is 0.917 bits per heavy atom. The van der Waals surface area contributed by atoms with Crippen molar-refractivity contribution in [2.24, 2.45) is 0 Å². The molecule has 0 spiro atoms. The molecule has 0 saturated heterocycles. The largest absolute Gasteiger partial charge is 0.354 e. The van der Waals surface area contributed by atoms with Crippen molar-refractivity contribution in [2.75, 3.05) is 11.9 Å². The molecule has 0 atom stereocenters. The van der Waals surface area contributed by atoms with Crippen LogP contribution in [0.25, 0.3) is 23.1 Å². The molecule has 0 amide bonds. The number of nitrogens with zero attached hydrogens (tertiary/aromatic N) is 5. The third-order valence-electron chi connectivity index (χ3n) is 3.36. The van der Waals surface area contributed by atoms with Gasteiger partial charge in [0, 0.05) is 17.9 Å². The number of rotatable bonds is 5. The Morgan fingerprint density at radius 3 is 2.46 bits per heavy atom. The lowest BCUT2D eigenvalue weighted by Crippen LogP contribution is -2.05. The van der Waals surface area contributed by atoms with Crippen LogP contribution in [0.3, 0.4) is 0 Å². The molecule has 7 heteroatoms. The maximum atomic E-state index is 5.38. The molecule has 0 aromatic carbocycles. The molecular formula is C17H20N6O. The number of anilines is 1. The van der Waals surface area contributed by atoms with Crippen LogP contribution in [0.1, 0.15) is 30.3 Å². The summed E-state index contributed by atoms with van der Waals surface area (Å²) in [5.41, 5.74) is 4.15. The molecular weight excluding hydrogens is 304 g/mol. The highest BCUT2D eigenvalue weighted by atomic mass is 16.5. The average molecular weight is 324 g/mol. The second-order valence-corrected chi connectivity index (χ2v) is 5.74. The monoisotopic (exact) mass is 324 g/mol. The highest BCUT2D eigenvalue weighted by Gasteiger charge is 2.15. The summed E-state index contributed by atoms with van der Waals surface area (Å²) in [4.78, 5) is 17.7. The van der Waals surface area contributed by atoms with Crippen molar-refractivity contribution in [1.82, 2.24) is 25.1 Å². The van der Waals surface area contributed by atoms with Crippen molar-refractivity contribution in [1.29, 1.82) is 0 Å². The van der Waals surface area contributed by atoms with E-state index < -0.39 is 0 Å². The van der Waals surface area contributed by atoms with Gasteiger partial charge < -0.3 is 9.84 Å². The maximum absolute atomic E-state index is 5.38. The van der Waals surface area contributed by atoms with E-state index >= 15 is 0 Å². The zero-order valence-electron chi connectivity index (χ0n) is 14.3. The van der Waals surface area contributed by atoms with Crippen LogP contribution in [0, 0.1) is 20.8 Å². The van der Waals surface area contributed by atoms with Crippen LogP contribution in [0.4, 0.5) is 5.95 Å². The number of hydrogen-bond acceptors (Lipinski definition) is 7. The quantitative estimate of drug-likeness (QED) is 0.769. The van der Waals surface area contributed by atoms with Gasteiger partial charge in [-0.3, -0.25) is 0 Å². The van der Waals surface area contributed by atoms with E-state index in [0.29, 0.717) is 29.1 Å². The van der Waals surface area contributed by atoms with E-state index in [2.05, 4.69) is 37.3 Å². The summed E-state index contributed by atoms with van der Waals surface area (Å²) in [6, 6.07) is 5.76. The summed E-state index contributed by atoms with van der Waals surface area (Å²) in [6.45, 7) is 8.76. The first-order valence-electron chi connectivity index (χ1n) is 7.94. The molecule has 0 unspecified atom stereocenters. The van der Waals surface area contributed by atoms with Gasteiger partial charge in [0.1, 0.15) is 11.4 Å². The van der Waals surface area contributed by atoms with E-state index in [-0.39, 0.29) is 0 Å². The number of nitrogens with one attached hydrogen (secondary N) is 1. The molecule has 3 heterocycles. The van der Waals surface area contributed by atoms with E-state index in [0.717, 1.165) is 29.9 Å². The highest BCUT2D eigenvalue weighted by molar-refractivity contribution is 5.56. The van der Waals surface area contributed by atoms with Gasteiger partial charge in [-0.05, 0) is 51.0 Å². The minimum absolute atomic E-state index is 0.357. The molecule has 0 radical (unpaired) electrons. The first-order valence-corrected chi connectivity index (χ1v) is 7.94. The molecule has 0 aliphatic rings. The van der Waals surface area contributed by atoms with Crippen molar-refractivity contribution in [3.8, 4) is 23.1 Å². The second kappa shape index (κ2) is 6.74. The van der Waals surface area contributed by atoms with Gasteiger partial charge in [-0.25, -0.2) is 15.0 Å². The van der Waals surface area contributed by atoms with Gasteiger partial charge in [-0.1, -0.05) is 12.1 Å². The molecule has 3 rings (SSSR count). The first kappa shape index (κ1) is 16.0. The van der Waals surface area contributed by atoms with Gasteiger partial charge in [-0.2, -0.15) is 4.98 Å². The van der Waals surface area contributed by atoms with Crippen LogP contribution in [-0.2, 0) is 0 Å². The van der Waals surface area contributed by atoms with Crippen molar-refractivity contribution in [2.45, 2.75) is 34.1 Å². The summed E-state index contributed by atoms with van der Waals surface area (Å²) in [7, 11) is 0. The zero-order valence-corrected chi connectivity index (χ0v) is 14.3. The van der Waals surface area contributed by atoms with Crippen LogP contribution in [0.2, 0.25) is 0 Å². The second-order valence-electron chi connectivity index (χ2n) is 5.74. The molecule has 0 aliphatic heterocycles. The van der Waals surface area contributed by atoms with Gasteiger partial charge in [0.15, 0.2) is 0 Å².